The molecule has 1 aliphatic rings. The average Bonchev–Trinajstić information content (AvgIpc) is 2.38. The van der Waals surface area contributed by atoms with Gasteiger partial charge in [-0.1, -0.05) is 12.1 Å². The van der Waals surface area contributed by atoms with Crippen molar-refractivity contribution in [1.29, 1.82) is 0 Å². The Labute approximate surface area is 113 Å². The lowest BCUT2D eigenvalue weighted by Gasteiger charge is -2.21. The Hall–Kier alpha value is -1.00. The van der Waals surface area contributed by atoms with Gasteiger partial charge in [0.15, 0.2) is 0 Å². The maximum Gasteiger partial charge on any atom is 0.251 e. The van der Waals surface area contributed by atoms with Crippen LogP contribution in [0.15, 0.2) is 18.2 Å². The Balaban J connectivity index is 2.15. The highest BCUT2D eigenvalue weighted by molar-refractivity contribution is 7.98. The van der Waals surface area contributed by atoms with Gasteiger partial charge in [0, 0.05) is 23.9 Å². The lowest BCUT2D eigenvalue weighted by molar-refractivity contribution is 0.0942. The normalized spacial score (nSPS) is 15.9. The van der Waals surface area contributed by atoms with Crippen LogP contribution >= 0.6 is 11.8 Å². The van der Waals surface area contributed by atoms with Gasteiger partial charge in [-0.15, -0.1) is 0 Å². The first-order valence-corrected chi connectivity index (χ1v) is 7.73. The third-order valence-corrected chi connectivity index (χ3v) is 4.01. The summed E-state index contributed by atoms with van der Waals surface area (Å²) in [7, 11) is 0. The number of benzene rings is 1. The number of fused-ring (bicyclic) bond motifs is 1. The summed E-state index contributed by atoms with van der Waals surface area (Å²) in [6, 6.07) is 6.22. The molecule has 0 aromatic heterocycles. The zero-order valence-corrected chi connectivity index (χ0v) is 11.8. The van der Waals surface area contributed by atoms with E-state index in [0.717, 1.165) is 30.8 Å². The summed E-state index contributed by atoms with van der Waals surface area (Å²) in [6.07, 6.45) is 2.99. The van der Waals surface area contributed by atoms with Gasteiger partial charge in [-0.25, -0.2) is 0 Å². The van der Waals surface area contributed by atoms with Crippen LogP contribution < -0.4 is 10.6 Å². The molecule has 0 bridgehead atoms. The van der Waals surface area contributed by atoms with E-state index < -0.39 is 0 Å². The minimum atomic E-state index is 0.0651. The van der Waals surface area contributed by atoms with Gasteiger partial charge in [0.25, 0.3) is 5.91 Å². The number of amides is 1. The van der Waals surface area contributed by atoms with Crippen molar-refractivity contribution in [3.63, 3.8) is 0 Å². The van der Waals surface area contributed by atoms with E-state index in [2.05, 4.69) is 23.0 Å². The van der Waals surface area contributed by atoms with Crippen LogP contribution in [-0.4, -0.2) is 30.5 Å². The van der Waals surface area contributed by atoms with Crippen molar-refractivity contribution in [2.75, 3.05) is 18.6 Å². The third kappa shape index (κ3) is 3.06. The number of carbonyl (C=O) groups excluding carboxylic acids is 1. The molecule has 0 saturated carbocycles. The fourth-order valence-corrected chi connectivity index (χ4v) is 2.92. The molecule has 0 spiro atoms. The molecule has 3 nitrogen and oxygen atoms in total. The number of rotatable bonds is 4. The molecular formula is C14H20N2OS. The van der Waals surface area contributed by atoms with Gasteiger partial charge >= 0.3 is 0 Å². The number of hydrogen-bond acceptors (Lipinski definition) is 3. The summed E-state index contributed by atoms with van der Waals surface area (Å²) < 4.78 is 0. The van der Waals surface area contributed by atoms with Crippen LogP contribution in [0.2, 0.25) is 0 Å². The smallest absolute Gasteiger partial charge is 0.251 e. The summed E-state index contributed by atoms with van der Waals surface area (Å²) >= 11 is 1.75. The summed E-state index contributed by atoms with van der Waals surface area (Å²) in [4.78, 5) is 12.3. The average molecular weight is 264 g/mol. The van der Waals surface area contributed by atoms with E-state index in [-0.39, 0.29) is 11.9 Å². The van der Waals surface area contributed by atoms with Crippen LogP contribution in [0.1, 0.15) is 28.4 Å². The van der Waals surface area contributed by atoms with Crippen molar-refractivity contribution in [1.82, 2.24) is 10.6 Å². The van der Waals surface area contributed by atoms with Crippen LogP contribution in [0.5, 0.6) is 0 Å². The molecule has 0 saturated heterocycles. The van der Waals surface area contributed by atoms with E-state index in [9.17, 15) is 4.79 Å². The molecule has 1 amide bonds. The Bertz CT molecular complexity index is 434. The van der Waals surface area contributed by atoms with E-state index in [1.807, 2.05) is 19.1 Å². The first-order chi connectivity index (χ1) is 8.72. The number of hydrogen-bond donors (Lipinski definition) is 2. The first kappa shape index (κ1) is 13.4. The van der Waals surface area contributed by atoms with Gasteiger partial charge in [0.2, 0.25) is 0 Å². The Kier molecular flexibility index (Phi) is 4.66. The summed E-state index contributed by atoms with van der Waals surface area (Å²) in [5, 5.41) is 6.40. The molecule has 1 aromatic carbocycles. The van der Waals surface area contributed by atoms with E-state index in [1.165, 1.54) is 11.1 Å². The quantitative estimate of drug-likeness (QED) is 0.871. The molecule has 0 radical (unpaired) electrons. The molecule has 4 heteroatoms. The molecule has 2 N–H and O–H groups in total. The maximum atomic E-state index is 12.3. The zero-order valence-electron chi connectivity index (χ0n) is 11.0. The fourth-order valence-electron chi connectivity index (χ4n) is 2.34. The van der Waals surface area contributed by atoms with Crippen molar-refractivity contribution in [2.45, 2.75) is 25.9 Å². The van der Waals surface area contributed by atoms with Gasteiger partial charge in [-0.2, -0.15) is 11.8 Å². The molecule has 1 heterocycles. The third-order valence-electron chi connectivity index (χ3n) is 3.18. The molecule has 98 valence electrons. The largest absolute Gasteiger partial charge is 0.349 e. The SMILES string of the molecule is CSCC(C)NC(=O)c1cccc2c1CCNC2. The predicted molar refractivity (Wildman–Crippen MR) is 77.2 cm³/mol. The molecule has 0 fully saturated rings. The van der Waals surface area contributed by atoms with Crippen LogP contribution in [0.25, 0.3) is 0 Å². The highest BCUT2D eigenvalue weighted by Gasteiger charge is 2.18. The lowest BCUT2D eigenvalue weighted by Crippen LogP contribution is -2.36. The number of thioether (sulfide) groups is 1. The molecule has 2 rings (SSSR count). The number of nitrogens with one attached hydrogen (secondary N) is 2. The van der Waals surface area contributed by atoms with Gasteiger partial charge in [-0.3, -0.25) is 4.79 Å². The summed E-state index contributed by atoms with van der Waals surface area (Å²) in [5.41, 5.74) is 3.32. The van der Waals surface area contributed by atoms with E-state index in [0.29, 0.717) is 0 Å². The molecule has 1 aromatic rings. The summed E-state index contributed by atoms with van der Waals surface area (Å²) in [6.45, 7) is 3.87. The molecular weight excluding hydrogens is 244 g/mol. The van der Waals surface area contributed by atoms with Crippen molar-refractivity contribution in [3.05, 3.63) is 34.9 Å². The molecule has 1 unspecified atom stereocenters. The van der Waals surface area contributed by atoms with Crippen LogP contribution in [0, 0.1) is 0 Å². The van der Waals surface area contributed by atoms with E-state index in [4.69, 9.17) is 0 Å². The zero-order chi connectivity index (χ0) is 13.0. The van der Waals surface area contributed by atoms with Crippen molar-refractivity contribution in [3.8, 4) is 0 Å². The fraction of sp³-hybridized carbons (Fsp3) is 0.500. The second kappa shape index (κ2) is 6.25. The molecule has 0 aliphatic carbocycles. The minimum Gasteiger partial charge on any atom is -0.349 e. The van der Waals surface area contributed by atoms with E-state index in [1.54, 1.807) is 11.8 Å². The molecule has 1 aliphatic heterocycles. The van der Waals surface area contributed by atoms with Crippen molar-refractivity contribution in [2.24, 2.45) is 0 Å². The van der Waals surface area contributed by atoms with Crippen LogP contribution in [-0.2, 0) is 13.0 Å². The highest BCUT2D eigenvalue weighted by atomic mass is 32.2. The van der Waals surface area contributed by atoms with Gasteiger partial charge in [-0.05, 0) is 43.3 Å². The van der Waals surface area contributed by atoms with Gasteiger partial charge in [0.05, 0.1) is 0 Å². The van der Waals surface area contributed by atoms with Gasteiger partial charge in [0.1, 0.15) is 0 Å². The Morgan fingerprint density at radius 1 is 1.56 bits per heavy atom. The topological polar surface area (TPSA) is 41.1 Å². The van der Waals surface area contributed by atoms with E-state index >= 15 is 0 Å². The highest BCUT2D eigenvalue weighted by Crippen LogP contribution is 2.18. The van der Waals surface area contributed by atoms with Crippen molar-refractivity contribution < 1.29 is 4.79 Å². The Morgan fingerprint density at radius 2 is 2.39 bits per heavy atom. The maximum absolute atomic E-state index is 12.3. The summed E-state index contributed by atoms with van der Waals surface area (Å²) in [5.74, 6) is 1.01. The molecule has 1 atom stereocenters. The monoisotopic (exact) mass is 264 g/mol. The predicted octanol–water partition coefficient (Wildman–Crippen LogP) is 1.81. The minimum absolute atomic E-state index is 0.0651. The molecule has 18 heavy (non-hydrogen) atoms. The lowest BCUT2D eigenvalue weighted by atomic mass is 9.95. The van der Waals surface area contributed by atoms with Crippen LogP contribution in [0.4, 0.5) is 0 Å². The second-order valence-electron chi connectivity index (χ2n) is 4.70. The number of carbonyl (C=O) groups is 1. The second-order valence-corrected chi connectivity index (χ2v) is 5.61. The Morgan fingerprint density at radius 3 is 3.17 bits per heavy atom. The van der Waals surface area contributed by atoms with Gasteiger partial charge < -0.3 is 10.6 Å². The van der Waals surface area contributed by atoms with Crippen molar-refractivity contribution >= 4 is 17.7 Å². The first-order valence-electron chi connectivity index (χ1n) is 6.33. The standard InChI is InChI=1S/C14H20N2OS/c1-10(9-18-2)16-14(17)13-5-3-4-11-8-15-7-6-12(11)13/h3-5,10,15H,6-9H2,1-2H3,(H,16,17). The van der Waals surface area contributed by atoms with Crippen LogP contribution in [0.3, 0.4) is 0 Å².